The molecule has 0 amide bonds. The third-order valence-electron chi connectivity index (χ3n) is 4.63. The number of fused-ring (bicyclic) bond motifs is 4. The van der Waals surface area contributed by atoms with Gasteiger partial charge in [0.2, 0.25) is 0 Å². The third kappa shape index (κ3) is 1.71. The van der Waals surface area contributed by atoms with Crippen molar-refractivity contribution in [3.8, 4) is 5.69 Å². The number of para-hydroxylation sites is 2. The number of pyridine rings is 1. The highest BCUT2D eigenvalue weighted by atomic mass is 16.1. The summed E-state index contributed by atoms with van der Waals surface area (Å²) in [4.78, 5) is 22.1. The van der Waals surface area contributed by atoms with Crippen molar-refractivity contribution >= 4 is 16.7 Å². The molecular formula is C20H13N3O. The van der Waals surface area contributed by atoms with Crippen LogP contribution >= 0.6 is 0 Å². The molecule has 4 heteroatoms. The zero-order chi connectivity index (χ0) is 16.1. The fourth-order valence-electron chi connectivity index (χ4n) is 3.56. The van der Waals surface area contributed by atoms with Gasteiger partial charge in [-0.25, -0.2) is 4.98 Å². The van der Waals surface area contributed by atoms with E-state index in [1.165, 1.54) is 0 Å². The number of ketones is 1. The summed E-state index contributed by atoms with van der Waals surface area (Å²) in [7, 11) is 0. The molecule has 4 aromatic rings. The summed E-state index contributed by atoms with van der Waals surface area (Å²) in [5.41, 5.74) is 4.36. The van der Waals surface area contributed by atoms with Crippen molar-refractivity contribution in [2.75, 3.05) is 0 Å². The molecule has 1 aliphatic heterocycles. The topological polar surface area (TPSA) is 47.8 Å². The van der Waals surface area contributed by atoms with E-state index in [4.69, 9.17) is 0 Å². The Morgan fingerprint density at radius 3 is 2.83 bits per heavy atom. The van der Waals surface area contributed by atoms with E-state index in [1.54, 1.807) is 18.7 Å². The van der Waals surface area contributed by atoms with Gasteiger partial charge in [-0.2, -0.15) is 0 Å². The number of Topliss-reactive ketones (excluding diaryl/α,β-unsaturated/α-hetero) is 1. The van der Waals surface area contributed by atoms with Gasteiger partial charge in [0, 0.05) is 23.3 Å². The summed E-state index contributed by atoms with van der Waals surface area (Å²) in [6, 6.07) is 17.6. The summed E-state index contributed by atoms with van der Waals surface area (Å²) < 4.78 is 2.00. The fourth-order valence-corrected chi connectivity index (χ4v) is 3.56. The predicted octanol–water partition coefficient (Wildman–Crippen LogP) is 3.75. The van der Waals surface area contributed by atoms with Gasteiger partial charge in [-0.15, -0.1) is 0 Å². The van der Waals surface area contributed by atoms with Crippen molar-refractivity contribution in [3.05, 3.63) is 90.1 Å². The Morgan fingerprint density at radius 1 is 1.00 bits per heavy atom. The SMILES string of the molecule is O=C(c1cccc2cccnc12)C1c2ccccc2-n2cncc21. The van der Waals surface area contributed by atoms with Gasteiger partial charge in [-0.1, -0.05) is 36.4 Å². The lowest BCUT2D eigenvalue weighted by Crippen LogP contribution is -2.13. The van der Waals surface area contributed by atoms with E-state index in [2.05, 4.69) is 9.97 Å². The molecule has 1 atom stereocenters. The van der Waals surface area contributed by atoms with Crippen LogP contribution < -0.4 is 0 Å². The van der Waals surface area contributed by atoms with E-state index in [0.29, 0.717) is 5.56 Å². The Bertz CT molecular complexity index is 1090. The largest absolute Gasteiger partial charge is 0.302 e. The van der Waals surface area contributed by atoms with Gasteiger partial charge in [0.1, 0.15) is 0 Å². The third-order valence-corrected chi connectivity index (χ3v) is 4.63. The van der Waals surface area contributed by atoms with Gasteiger partial charge >= 0.3 is 0 Å². The molecule has 0 aliphatic carbocycles. The zero-order valence-corrected chi connectivity index (χ0v) is 12.8. The number of nitrogens with zero attached hydrogens (tertiary/aromatic N) is 3. The molecule has 0 spiro atoms. The van der Waals surface area contributed by atoms with Crippen LogP contribution in [-0.4, -0.2) is 20.3 Å². The molecule has 5 rings (SSSR count). The second kappa shape index (κ2) is 4.86. The molecule has 1 unspecified atom stereocenters. The van der Waals surface area contributed by atoms with Crippen LogP contribution in [-0.2, 0) is 0 Å². The minimum atomic E-state index is -0.337. The predicted molar refractivity (Wildman–Crippen MR) is 91.5 cm³/mol. The van der Waals surface area contributed by atoms with E-state index in [-0.39, 0.29) is 11.7 Å². The molecule has 0 saturated heterocycles. The van der Waals surface area contributed by atoms with E-state index < -0.39 is 0 Å². The molecule has 0 saturated carbocycles. The summed E-state index contributed by atoms with van der Waals surface area (Å²) in [5, 5.41) is 0.975. The maximum Gasteiger partial charge on any atom is 0.178 e. The molecule has 3 heterocycles. The number of hydrogen-bond acceptors (Lipinski definition) is 3. The zero-order valence-electron chi connectivity index (χ0n) is 12.8. The number of carbonyl (C=O) groups excluding carboxylic acids is 1. The van der Waals surface area contributed by atoms with Gasteiger partial charge < -0.3 is 4.57 Å². The number of aromatic nitrogens is 3. The van der Waals surface area contributed by atoms with Crippen LogP contribution in [0.25, 0.3) is 16.6 Å². The Hall–Kier alpha value is -3.27. The first-order valence-corrected chi connectivity index (χ1v) is 7.84. The smallest absolute Gasteiger partial charge is 0.178 e. The summed E-state index contributed by atoms with van der Waals surface area (Å²) in [5.74, 6) is -0.276. The van der Waals surface area contributed by atoms with Gasteiger partial charge in [0.15, 0.2) is 5.78 Å². The van der Waals surface area contributed by atoms with Crippen molar-refractivity contribution < 1.29 is 4.79 Å². The molecule has 0 bridgehead atoms. The number of carbonyl (C=O) groups is 1. The molecular weight excluding hydrogens is 298 g/mol. The standard InChI is InChI=1S/C20H13N3O/c24-20(15-8-3-5-13-6-4-10-22-19(13)15)18-14-7-1-2-9-16(14)23-12-21-11-17(18)23/h1-12,18H. The lowest BCUT2D eigenvalue weighted by molar-refractivity contribution is 0.0975. The van der Waals surface area contributed by atoms with Crippen LogP contribution in [0.3, 0.4) is 0 Å². The summed E-state index contributed by atoms with van der Waals surface area (Å²) >= 11 is 0. The van der Waals surface area contributed by atoms with Gasteiger partial charge in [0.05, 0.1) is 29.1 Å². The summed E-state index contributed by atoms with van der Waals surface area (Å²) in [6.45, 7) is 0. The molecule has 114 valence electrons. The van der Waals surface area contributed by atoms with Crippen molar-refractivity contribution in [2.45, 2.75) is 5.92 Å². The molecule has 4 nitrogen and oxygen atoms in total. The lowest BCUT2D eigenvalue weighted by Gasteiger charge is -2.12. The number of hydrogen-bond donors (Lipinski definition) is 0. The molecule has 2 aromatic heterocycles. The fraction of sp³-hybridized carbons (Fsp3) is 0.0500. The Morgan fingerprint density at radius 2 is 1.88 bits per heavy atom. The highest BCUT2D eigenvalue weighted by Gasteiger charge is 2.35. The average Bonchev–Trinajstić information content (AvgIpc) is 3.21. The van der Waals surface area contributed by atoms with Crippen LogP contribution in [0.4, 0.5) is 0 Å². The highest BCUT2D eigenvalue weighted by molar-refractivity contribution is 6.11. The molecule has 0 N–H and O–H groups in total. The quantitative estimate of drug-likeness (QED) is 0.530. The van der Waals surface area contributed by atoms with Crippen LogP contribution in [0, 0.1) is 0 Å². The van der Waals surface area contributed by atoms with Crippen molar-refractivity contribution in [1.29, 1.82) is 0 Å². The Kier molecular flexibility index (Phi) is 2.67. The van der Waals surface area contributed by atoms with E-state index in [1.807, 2.05) is 59.2 Å². The van der Waals surface area contributed by atoms with Gasteiger partial charge in [0.25, 0.3) is 0 Å². The number of rotatable bonds is 2. The maximum atomic E-state index is 13.4. The molecule has 2 aromatic carbocycles. The van der Waals surface area contributed by atoms with Crippen LogP contribution in [0.5, 0.6) is 0 Å². The normalized spacial score (nSPS) is 15.2. The van der Waals surface area contributed by atoms with E-state index >= 15 is 0 Å². The van der Waals surface area contributed by atoms with Crippen molar-refractivity contribution in [2.24, 2.45) is 0 Å². The van der Waals surface area contributed by atoms with Crippen LogP contribution in [0.15, 0.2) is 73.3 Å². The highest BCUT2D eigenvalue weighted by Crippen LogP contribution is 2.40. The lowest BCUT2D eigenvalue weighted by atomic mass is 9.89. The van der Waals surface area contributed by atoms with Gasteiger partial charge in [-0.05, 0) is 23.8 Å². The second-order valence-corrected chi connectivity index (χ2v) is 5.93. The average molecular weight is 311 g/mol. The van der Waals surface area contributed by atoms with Crippen molar-refractivity contribution in [3.63, 3.8) is 0 Å². The second-order valence-electron chi connectivity index (χ2n) is 5.93. The van der Waals surface area contributed by atoms with Crippen LogP contribution in [0.1, 0.15) is 27.5 Å². The number of benzene rings is 2. The number of imidazole rings is 1. The maximum absolute atomic E-state index is 13.4. The molecule has 24 heavy (non-hydrogen) atoms. The first kappa shape index (κ1) is 13.2. The van der Waals surface area contributed by atoms with Gasteiger partial charge in [-0.3, -0.25) is 9.78 Å². The van der Waals surface area contributed by atoms with Crippen molar-refractivity contribution in [1.82, 2.24) is 14.5 Å². The monoisotopic (exact) mass is 311 g/mol. The van der Waals surface area contributed by atoms with Crippen LogP contribution in [0.2, 0.25) is 0 Å². The molecule has 0 fully saturated rings. The minimum absolute atomic E-state index is 0.0611. The molecule has 0 radical (unpaired) electrons. The minimum Gasteiger partial charge on any atom is -0.302 e. The Labute approximate surface area is 138 Å². The summed E-state index contributed by atoms with van der Waals surface area (Å²) in [6.07, 6.45) is 5.27. The Balaban J connectivity index is 1.73. The molecule has 1 aliphatic rings. The van der Waals surface area contributed by atoms with E-state index in [0.717, 1.165) is 27.8 Å². The first-order chi connectivity index (χ1) is 11.8. The van der Waals surface area contributed by atoms with E-state index in [9.17, 15) is 4.79 Å². The first-order valence-electron chi connectivity index (χ1n) is 7.84.